The molecule has 1 aromatic rings. The molecule has 2 unspecified atom stereocenters. The van der Waals surface area contributed by atoms with E-state index in [-0.39, 0.29) is 18.0 Å². The predicted octanol–water partition coefficient (Wildman–Crippen LogP) is 1.03. The van der Waals surface area contributed by atoms with Crippen molar-refractivity contribution in [2.75, 3.05) is 13.1 Å². The van der Waals surface area contributed by atoms with Crippen molar-refractivity contribution in [2.24, 2.45) is 11.5 Å². The highest BCUT2D eigenvalue weighted by molar-refractivity contribution is 5.80. The zero-order chi connectivity index (χ0) is 13.0. The lowest BCUT2D eigenvalue weighted by atomic mass is 9.96. The van der Waals surface area contributed by atoms with Crippen LogP contribution in [0.2, 0.25) is 0 Å². The number of primary amides is 1. The van der Waals surface area contributed by atoms with Gasteiger partial charge in [-0.2, -0.15) is 0 Å². The highest BCUT2D eigenvalue weighted by atomic mass is 16.1. The fraction of sp³-hybridized carbons (Fsp3) is 0.500. The Bertz CT molecular complexity index is 393. The monoisotopic (exact) mass is 247 g/mol. The Kier molecular flexibility index (Phi) is 4.33. The molecule has 2 rings (SSSR count). The van der Waals surface area contributed by atoms with Crippen LogP contribution in [0.5, 0.6) is 0 Å². The van der Waals surface area contributed by atoms with Gasteiger partial charge in [-0.15, -0.1) is 0 Å². The summed E-state index contributed by atoms with van der Waals surface area (Å²) >= 11 is 0. The number of hydrogen-bond donors (Lipinski definition) is 2. The smallest absolute Gasteiger partial charge is 0.234 e. The van der Waals surface area contributed by atoms with Gasteiger partial charge in [-0.25, -0.2) is 0 Å². The molecule has 1 aliphatic heterocycles. The molecule has 1 amide bonds. The molecule has 0 aliphatic carbocycles. The molecular formula is C14H21N3O. The summed E-state index contributed by atoms with van der Waals surface area (Å²) in [5.41, 5.74) is 12.6. The van der Waals surface area contributed by atoms with Crippen molar-refractivity contribution in [2.45, 2.75) is 31.3 Å². The molecule has 4 nitrogen and oxygen atoms in total. The Balaban J connectivity index is 2.22. The molecule has 1 aliphatic rings. The third-order valence-electron chi connectivity index (χ3n) is 3.68. The van der Waals surface area contributed by atoms with Crippen LogP contribution in [0.1, 0.15) is 30.9 Å². The van der Waals surface area contributed by atoms with Crippen LogP contribution in [0.3, 0.4) is 0 Å². The minimum Gasteiger partial charge on any atom is -0.368 e. The molecule has 2 atom stereocenters. The third-order valence-corrected chi connectivity index (χ3v) is 3.68. The summed E-state index contributed by atoms with van der Waals surface area (Å²) in [6.45, 7) is 1.40. The molecule has 1 aromatic carbocycles. The first-order valence-electron chi connectivity index (χ1n) is 6.54. The van der Waals surface area contributed by atoms with Gasteiger partial charge >= 0.3 is 0 Å². The van der Waals surface area contributed by atoms with Crippen molar-refractivity contribution in [3.63, 3.8) is 0 Å². The van der Waals surface area contributed by atoms with Crippen LogP contribution >= 0.6 is 0 Å². The maximum atomic E-state index is 11.6. The van der Waals surface area contributed by atoms with E-state index in [0.29, 0.717) is 6.54 Å². The van der Waals surface area contributed by atoms with Gasteiger partial charge in [0.25, 0.3) is 0 Å². The number of piperidine rings is 1. The van der Waals surface area contributed by atoms with Gasteiger partial charge in [0.2, 0.25) is 5.91 Å². The van der Waals surface area contributed by atoms with Crippen LogP contribution in [-0.2, 0) is 4.79 Å². The van der Waals surface area contributed by atoms with E-state index in [4.69, 9.17) is 11.5 Å². The SMILES string of the molecule is NCC(c1ccccc1)N1CCCCC1C(N)=O. The zero-order valence-electron chi connectivity index (χ0n) is 10.6. The van der Waals surface area contributed by atoms with Gasteiger partial charge in [-0.05, 0) is 24.9 Å². The highest BCUT2D eigenvalue weighted by Crippen LogP contribution is 2.27. The maximum Gasteiger partial charge on any atom is 0.234 e. The number of hydrogen-bond acceptors (Lipinski definition) is 3. The summed E-state index contributed by atoms with van der Waals surface area (Å²) in [5.74, 6) is -0.232. The van der Waals surface area contributed by atoms with Crippen LogP contribution in [0, 0.1) is 0 Å². The van der Waals surface area contributed by atoms with E-state index in [9.17, 15) is 4.79 Å². The first-order valence-corrected chi connectivity index (χ1v) is 6.54. The topological polar surface area (TPSA) is 72.3 Å². The Morgan fingerprint density at radius 2 is 2.06 bits per heavy atom. The lowest BCUT2D eigenvalue weighted by Gasteiger charge is -2.39. The van der Waals surface area contributed by atoms with Crippen LogP contribution < -0.4 is 11.5 Å². The largest absolute Gasteiger partial charge is 0.368 e. The number of nitrogens with zero attached hydrogens (tertiary/aromatic N) is 1. The van der Waals surface area contributed by atoms with Crippen LogP contribution in [-0.4, -0.2) is 29.9 Å². The zero-order valence-corrected chi connectivity index (χ0v) is 10.6. The van der Waals surface area contributed by atoms with Gasteiger partial charge in [0.05, 0.1) is 6.04 Å². The fourth-order valence-corrected chi connectivity index (χ4v) is 2.77. The summed E-state index contributed by atoms with van der Waals surface area (Å²) in [7, 11) is 0. The normalized spacial score (nSPS) is 22.6. The van der Waals surface area contributed by atoms with Crippen molar-refractivity contribution in [3.05, 3.63) is 35.9 Å². The number of benzene rings is 1. The molecule has 0 spiro atoms. The standard InChI is InChI=1S/C14H21N3O/c15-10-13(11-6-2-1-3-7-11)17-9-5-4-8-12(17)14(16)18/h1-3,6-7,12-13H,4-5,8-10,15H2,(H2,16,18). The molecule has 0 aromatic heterocycles. The Morgan fingerprint density at radius 1 is 1.33 bits per heavy atom. The number of amides is 1. The highest BCUT2D eigenvalue weighted by Gasteiger charge is 2.32. The molecule has 4 heteroatoms. The van der Waals surface area contributed by atoms with Gasteiger partial charge < -0.3 is 11.5 Å². The van der Waals surface area contributed by atoms with Crippen molar-refractivity contribution in [1.29, 1.82) is 0 Å². The first kappa shape index (κ1) is 13.1. The lowest BCUT2D eigenvalue weighted by Crippen LogP contribution is -2.50. The molecule has 1 fully saturated rings. The Labute approximate surface area is 108 Å². The number of likely N-dealkylation sites (tertiary alicyclic amines) is 1. The van der Waals surface area contributed by atoms with Crippen molar-refractivity contribution in [1.82, 2.24) is 4.90 Å². The summed E-state index contributed by atoms with van der Waals surface area (Å²) in [6, 6.07) is 10.0. The molecule has 0 saturated carbocycles. The Morgan fingerprint density at radius 3 is 2.67 bits per heavy atom. The molecule has 18 heavy (non-hydrogen) atoms. The van der Waals surface area contributed by atoms with E-state index < -0.39 is 0 Å². The minimum absolute atomic E-state index is 0.0870. The molecular weight excluding hydrogens is 226 g/mol. The molecule has 4 N–H and O–H groups in total. The van der Waals surface area contributed by atoms with E-state index in [0.717, 1.165) is 31.4 Å². The number of rotatable bonds is 4. The minimum atomic E-state index is -0.232. The summed E-state index contributed by atoms with van der Waals surface area (Å²) in [4.78, 5) is 13.7. The second kappa shape index (κ2) is 5.98. The fourth-order valence-electron chi connectivity index (χ4n) is 2.77. The lowest BCUT2D eigenvalue weighted by molar-refractivity contribution is -0.125. The van der Waals surface area contributed by atoms with Crippen LogP contribution in [0.15, 0.2) is 30.3 Å². The van der Waals surface area contributed by atoms with Gasteiger partial charge in [0, 0.05) is 12.6 Å². The number of carbonyl (C=O) groups is 1. The van der Waals surface area contributed by atoms with Gasteiger partial charge in [0.1, 0.15) is 0 Å². The molecule has 0 radical (unpaired) electrons. The molecule has 98 valence electrons. The van der Waals surface area contributed by atoms with Crippen molar-refractivity contribution < 1.29 is 4.79 Å². The number of carbonyl (C=O) groups excluding carboxylic acids is 1. The van der Waals surface area contributed by atoms with Gasteiger partial charge in [0.15, 0.2) is 0 Å². The van der Waals surface area contributed by atoms with Crippen LogP contribution in [0.25, 0.3) is 0 Å². The van der Waals surface area contributed by atoms with E-state index in [2.05, 4.69) is 17.0 Å². The molecule has 1 saturated heterocycles. The van der Waals surface area contributed by atoms with E-state index in [1.54, 1.807) is 0 Å². The summed E-state index contributed by atoms with van der Waals surface area (Å²) in [6.07, 6.45) is 3.02. The second-order valence-electron chi connectivity index (χ2n) is 4.81. The van der Waals surface area contributed by atoms with Crippen molar-refractivity contribution in [3.8, 4) is 0 Å². The number of nitrogens with two attached hydrogens (primary N) is 2. The average Bonchev–Trinajstić information content (AvgIpc) is 2.41. The van der Waals surface area contributed by atoms with Crippen molar-refractivity contribution >= 4 is 5.91 Å². The van der Waals surface area contributed by atoms with Gasteiger partial charge in [-0.1, -0.05) is 36.8 Å². The van der Waals surface area contributed by atoms with Crippen LogP contribution in [0.4, 0.5) is 0 Å². The Hall–Kier alpha value is -1.39. The predicted molar refractivity (Wildman–Crippen MR) is 71.8 cm³/mol. The van der Waals surface area contributed by atoms with Gasteiger partial charge in [-0.3, -0.25) is 9.69 Å². The summed E-state index contributed by atoms with van der Waals surface area (Å²) in [5, 5.41) is 0. The third kappa shape index (κ3) is 2.71. The first-order chi connectivity index (χ1) is 8.74. The second-order valence-corrected chi connectivity index (χ2v) is 4.81. The molecule has 1 heterocycles. The summed E-state index contributed by atoms with van der Waals surface area (Å²) < 4.78 is 0. The van der Waals surface area contributed by atoms with E-state index in [1.807, 2.05) is 18.2 Å². The average molecular weight is 247 g/mol. The van der Waals surface area contributed by atoms with E-state index in [1.165, 1.54) is 0 Å². The van der Waals surface area contributed by atoms with E-state index >= 15 is 0 Å². The quantitative estimate of drug-likeness (QED) is 0.834. The maximum absolute atomic E-state index is 11.6. The molecule has 0 bridgehead atoms.